The summed E-state index contributed by atoms with van der Waals surface area (Å²) >= 11 is 0. The third-order valence-electron chi connectivity index (χ3n) is 4.49. The monoisotopic (exact) mass is 280 g/mol. The van der Waals surface area contributed by atoms with E-state index < -0.39 is 12.0 Å². The van der Waals surface area contributed by atoms with Crippen LogP contribution in [-0.4, -0.2) is 30.5 Å². The Kier molecular flexibility index (Phi) is 3.83. The maximum Gasteiger partial charge on any atom is 0.262 e. The van der Waals surface area contributed by atoms with E-state index in [1.54, 1.807) is 0 Å². The fraction of sp³-hybridized carbons (Fsp3) is 0.917. The molecule has 4 atom stereocenters. The molecule has 1 saturated heterocycles. The SMILES string of the molecule is Cl.O=C(NC1CC2CCC1C2)C1CC(F)(F)CN1. The van der Waals surface area contributed by atoms with Gasteiger partial charge in [0.1, 0.15) is 0 Å². The van der Waals surface area contributed by atoms with Crippen molar-refractivity contribution in [3.05, 3.63) is 0 Å². The number of carbonyl (C=O) groups excluding carboxylic acids is 1. The number of amides is 1. The summed E-state index contributed by atoms with van der Waals surface area (Å²) in [7, 11) is 0. The fourth-order valence-electron chi connectivity index (χ4n) is 3.61. The molecule has 1 heterocycles. The van der Waals surface area contributed by atoms with Crippen molar-refractivity contribution in [2.24, 2.45) is 11.8 Å². The zero-order chi connectivity index (χ0) is 12.0. The van der Waals surface area contributed by atoms with E-state index in [2.05, 4.69) is 10.6 Å². The molecular weight excluding hydrogens is 262 g/mol. The van der Waals surface area contributed by atoms with E-state index in [9.17, 15) is 13.6 Å². The van der Waals surface area contributed by atoms with Crippen molar-refractivity contribution < 1.29 is 13.6 Å². The van der Waals surface area contributed by atoms with E-state index in [0.29, 0.717) is 5.92 Å². The molecule has 3 fully saturated rings. The standard InChI is InChI=1S/C12H18F2N2O.ClH/c13-12(14)5-10(15-6-12)11(17)16-9-4-7-1-2-8(9)3-7;/h7-10,15H,1-6H2,(H,16,17);1H. The molecule has 0 aromatic carbocycles. The Hall–Kier alpha value is -0.420. The van der Waals surface area contributed by atoms with E-state index in [4.69, 9.17) is 0 Å². The lowest BCUT2D eigenvalue weighted by molar-refractivity contribution is -0.124. The summed E-state index contributed by atoms with van der Waals surface area (Å²) in [4.78, 5) is 11.9. The molecule has 0 spiro atoms. The zero-order valence-corrected chi connectivity index (χ0v) is 10.9. The molecule has 104 valence electrons. The number of alkyl halides is 2. The van der Waals surface area contributed by atoms with E-state index in [1.165, 1.54) is 19.3 Å². The molecule has 1 aliphatic heterocycles. The van der Waals surface area contributed by atoms with Gasteiger partial charge >= 0.3 is 0 Å². The highest BCUT2D eigenvalue weighted by molar-refractivity contribution is 5.85. The van der Waals surface area contributed by atoms with Gasteiger partial charge in [-0.2, -0.15) is 0 Å². The molecule has 0 aromatic heterocycles. The average molecular weight is 281 g/mol. The molecule has 1 amide bonds. The molecule has 2 saturated carbocycles. The predicted octanol–water partition coefficient (Wildman–Crippen LogP) is 1.71. The molecule has 0 aromatic rings. The smallest absolute Gasteiger partial charge is 0.262 e. The van der Waals surface area contributed by atoms with Crippen LogP contribution in [0, 0.1) is 11.8 Å². The van der Waals surface area contributed by atoms with E-state index in [1.807, 2.05) is 0 Å². The lowest BCUT2D eigenvalue weighted by Gasteiger charge is -2.24. The van der Waals surface area contributed by atoms with Gasteiger partial charge in [-0.15, -0.1) is 12.4 Å². The number of hydrogen-bond acceptors (Lipinski definition) is 2. The van der Waals surface area contributed by atoms with Crippen LogP contribution in [0.1, 0.15) is 32.1 Å². The molecule has 0 radical (unpaired) electrons. The van der Waals surface area contributed by atoms with Crippen molar-refractivity contribution in [2.75, 3.05) is 6.54 Å². The topological polar surface area (TPSA) is 41.1 Å². The molecule has 2 N–H and O–H groups in total. The second-order valence-electron chi connectivity index (χ2n) is 5.78. The maximum absolute atomic E-state index is 13.0. The number of halogens is 3. The second-order valence-corrected chi connectivity index (χ2v) is 5.78. The second kappa shape index (κ2) is 4.93. The molecule has 6 heteroatoms. The van der Waals surface area contributed by atoms with Crippen molar-refractivity contribution in [1.82, 2.24) is 10.6 Å². The van der Waals surface area contributed by atoms with Crippen LogP contribution in [-0.2, 0) is 4.79 Å². The molecule has 2 bridgehead atoms. The van der Waals surface area contributed by atoms with Crippen LogP contribution in [0.15, 0.2) is 0 Å². The number of carbonyl (C=O) groups is 1. The molecule has 3 rings (SSSR count). The molecular formula is C12H19ClF2N2O. The third kappa shape index (κ3) is 2.62. The van der Waals surface area contributed by atoms with Crippen LogP contribution in [0.5, 0.6) is 0 Å². The van der Waals surface area contributed by atoms with Gasteiger partial charge in [0.2, 0.25) is 5.91 Å². The van der Waals surface area contributed by atoms with Gasteiger partial charge in [-0.1, -0.05) is 6.42 Å². The molecule has 4 unspecified atom stereocenters. The normalized spacial score (nSPS) is 40.6. The fourth-order valence-corrected chi connectivity index (χ4v) is 3.61. The summed E-state index contributed by atoms with van der Waals surface area (Å²) in [5.41, 5.74) is 0. The highest BCUT2D eigenvalue weighted by Gasteiger charge is 2.45. The Labute approximate surface area is 111 Å². The van der Waals surface area contributed by atoms with Gasteiger partial charge in [0.05, 0.1) is 12.6 Å². The van der Waals surface area contributed by atoms with Gasteiger partial charge in [0, 0.05) is 12.5 Å². The van der Waals surface area contributed by atoms with Crippen LogP contribution in [0.2, 0.25) is 0 Å². The first-order valence-corrected chi connectivity index (χ1v) is 6.45. The van der Waals surface area contributed by atoms with E-state index >= 15 is 0 Å². The average Bonchev–Trinajstić information content (AvgIpc) is 2.92. The highest BCUT2D eigenvalue weighted by atomic mass is 35.5. The van der Waals surface area contributed by atoms with Crippen LogP contribution in [0.3, 0.4) is 0 Å². The van der Waals surface area contributed by atoms with Crippen molar-refractivity contribution in [1.29, 1.82) is 0 Å². The summed E-state index contributed by atoms with van der Waals surface area (Å²) < 4.78 is 26.0. The van der Waals surface area contributed by atoms with Gasteiger partial charge in [-0.05, 0) is 31.1 Å². The minimum absolute atomic E-state index is 0. The van der Waals surface area contributed by atoms with E-state index in [0.717, 1.165) is 12.3 Å². The lowest BCUT2D eigenvalue weighted by Crippen LogP contribution is -2.46. The van der Waals surface area contributed by atoms with Crippen LogP contribution in [0.4, 0.5) is 8.78 Å². The van der Waals surface area contributed by atoms with Gasteiger partial charge in [0.15, 0.2) is 0 Å². The van der Waals surface area contributed by atoms with Crippen LogP contribution >= 0.6 is 12.4 Å². The summed E-state index contributed by atoms with van der Waals surface area (Å²) in [6.07, 6.45) is 4.35. The third-order valence-corrected chi connectivity index (χ3v) is 4.49. The molecule has 18 heavy (non-hydrogen) atoms. The zero-order valence-electron chi connectivity index (χ0n) is 10.1. The first-order chi connectivity index (χ1) is 8.03. The van der Waals surface area contributed by atoms with Gasteiger partial charge in [-0.25, -0.2) is 8.78 Å². The largest absolute Gasteiger partial charge is 0.352 e. The van der Waals surface area contributed by atoms with Gasteiger partial charge in [-0.3, -0.25) is 10.1 Å². The molecule has 2 aliphatic carbocycles. The quantitative estimate of drug-likeness (QED) is 0.809. The van der Waals surface area contributed by atoms with Crippen molar-refractivity contribution in [3.8, 4) is 0 Å². The summed E-state index contributed by atoms with van der Waals surface area (Å²) in [6, 6.07) is -0.471. The number of rotatable bonds is 2. The predicted molar refractivity (Wildman–Crippen MR) is 66.0 cm³/mol. The Morgan fingerprint density at radius 3 is 2.56 bits per heavy atom. The molecule has 3 aliphatic rings. The van der Waals surface area contributed by atoms with Crippen molar-refractivity contribution in [2.45, 2.75) is 50.1 Å². The molecule has 3 nitrogen and oxygen atoms in total. The maximum atomic E-state index is 13.0. The summed E-state index contributed by atoms with van der Waals surface area (Å²) in [5.74, 6) is -1.62. The first kappa shape index (κ1) is 14.0. The highest BCUT2D eigenvalue weighted by Crippen LogP contribution is 2.44. The Bertz CT molecular complexity index is 340. The van der Waals surface area contributed by atoms with Gasteiger partial charge in [0.25, 0.3) is 5.92 Å². The minimum Gasteiger partial charge on any atom is -0.352 e. The van der Waals surface area contributed by atoms with E-state index in [-0.39, 0.29) is 37.3 Å². The van der Waals surface area contributed by atoms with Crippen LogP contribution in [0.25, 0.3) is 0 Å². The summed E-state index contributed by atoms with van der Waals surface area (Å²) in [6.45, 7) is -0.373. The Balaban J connectivity index is 0.00000120. The number of fused-ring (bicyclic) bond motifs is 2. The first-order valence-electron chi connectivity index (χ1n) is 6.45. The lowest BCUT2D eigenvalue weighted by atomic mass is 9.95. The Morgan fingerprint density at radius 1 is 1.28 bits per heavy atom. The van der Waals surface area contributed by atoms with Gasteiger partial charge < -0.3 is 5.32 Å². The van der Waals surface area contributed by atoms with Crippen molar-refractivity contribution in [3.63, 3.8) is 0 Å². The number of hydrogen-bond donors (Lipinski definition) is 2. The number of nitrogens with one attached hydrogen (secondary N) is 2. The minimum atomic E-state index is -2.73. The Morgan fingerprint density at radius 2 is 2.06 bits per heavy atom. The van der Waals surface area contributed by atoms with Crippen molar-refractivity contribution >= 4 is 18.3 Å². The van der Waals surface area contributed by atoms with Crippen LogP contribution < -0.4 is 10.6 Å². The summed E-state index contributed by atoms with van der Waals surface area (Å²) in [5, 5.41) is 5.56.